The topological polar surface area (TPSA) is 110 Å². The summed E-state index contributed by atoms with van der Waals surface area (Å²) < 4.78 is 0.536. The fourth-order valence-corrected chi connectivity index (χ4v) is 1.81. The van der Waals surface area contributed by atoms with Crippen molar-refractivity contribution < 1.29 is 15.1 Å². The first-order valence-electron chi connectivity index (χ1n) is 4.97. The van der Waals surface area contributed by atoms with Crippen LogP contribution in [0, 0.1) is 10.1 Å². The van der Waals surface area contributed by atoms with Crippen molar-refractivity contribution in [2.45, 2.75) is 18.6 Å². The molecule has 0 saturated heterocycles. The van der Waals surface area contributed by atoms with E-state index in [1.807, 2.05) is 0 Å². The molecule has 0 spiro atoms. The van der Waals surface area contributed by atoms with E-state index >= 15 is 0 Å². The van der Waals surface area contributed by atoms with Crippen molar-refractivity contribution >= 4 is 21.6 Å². The molecule has 2 atom stereocenters. The Hall–Kier alpha value is -1.02. The van der Waals surface area contributed by atoms with Crippen LogP contribution in [0.5, 0.6) is 0 Å². The molecule has 0 bridgehead atoms. The molecular formula is C10H13BrN2O4. The molecule has 0 aromatic heterocycles. The van der Waals surface area contributed by atoms with Crippen molar-refractivity contribution in [1.82, 2.24) is 0 Å². The van der Waals surface area contributed by atoms with Crippen LogP contribution >= 0.6 is 15.9 Å². The highest BCUT2D eigenvalue weighted by Gasteiger charge is 2.25. The van der Waals surface area contributed by atoms with Crippen LogP contribution in [0.4, 0.5) is 5.69 Å². The Balaban J connectivity index is 3.08. The highest BCUT2D eigenvalue weighted by atomic mass is 79.9. The zero-order valence-corrected chi connectivity index (χ0v) is 10.5. The smallest absolute Gasteiger partial charge is 0.276 e. The Bertz CT molecular complexity index is 413. The third kappa shape index (κ3) is 3.47. The summed E-state index contributed by atoms with van der Waals surface area (Å²) in [5, 5.41) is 30.2. The van der Waals surface area contributed by atoms with E-state index in [0.717, 1.165) is 0 Å². The number of nitro benzene ring substituents is 1. The highest BCUT2D eigenvalue weighted by molar-refractivity contribution is 9.10. The van der Waals surface area contributed by atoms with Gasteiger partial charge in [-0.15, -0.1) is 0 Å². The lowest BCUT2D eigenvalue weighted by atomic mass is 10.0. The molecule has 4 N–H and O–H groups in total. The molecule has 1 aromatic carbocycles. The summed E-state index contributed by atoms with van der Waals surface area (Å²) >= 11 is 3.11. The summed E-state index contributed by atoms with van der Waals surface area (Å²) in [6.45, 7) is 0.197. The van der Waals surface area contributed by atoms with Gasteiger partial charge in [0.05, 0.1) is 16.6 Å². The van der Waals surface area contributed by atoms with Gasteiger partial charge in [0.15, 0.2) is 0 Å². The summed E-state index contributed by atoms with van der Waals surface area (Å²) in [6.07, 6.45) is -2.25. The zero-order valence-electron chi connectivity index (χ0n) is 8.91. The van der Waals surface area contributed by atoms with Crippen LogP contribution in [0.2, 0.25) is 0 Å². The molecule has 7 heteroatoms. The molecule has 0 fully saturated rings. The number of hydrogen-bond donors (Lipinski definition) is 3. The first-order chi connectivity index (χ1) is 7.97. The summed E-state index contributed by atoms with van der Waals surface area (Å²) in [5.41, 5.74) is 5.10. The van der Waals surface area contributed by atoms with E-state index in [0.29, 0.717) is 4.47 Å². The van der Waals surface area contributed by atoms with E-state index in [1.54, 1.807) is 6.07 Å². The molecule has 0 radical (unpaired) electrons. The number of rotatable bonds is 5. The number of benzene rings is 1. The van der Waals surface area contributed by atoms with Gasteiger partial charge in [-0.1, -0.05) is 15.9 Å². The largest absolute Gasteiger partial charge is 0.390 e. The molecule has 0 aliphatic heterocycles. The average molecular weight is 305 g/mol. The lowest BCUT2D eigenvalue weighted by Gasteiger charge is -2.17. The molecule has 94 valence electrons. The van der Waals surface area contributed by atoms with Crippen molar-refractivity contribution in [3.8, 4) is 0 Å². The summed E-state index contributed by atoms with van der Waals surface area (Å²) in [5.74, 6) is 0. The van der Waals surface area contributed by atoms with Crippen molar-refractivity contribution in [3.05, 3.63) is 38.3 Å². The summed E-state index contributed by atoms with van der Waals surface area (Å²) in [7, 11) is 0. The Morgan fingerprint density at radius 3 is 2.65 bits per heavy atom. The number of halogens is 1. The van der Waals surface area contributed by atoms with E-state index in [1.165, 1.54) is 12.1 Å². The average Bonchev–Trinajstić information content (AvgIpc) is 2.28. The van der Waals surface area contributed by atoms with Crippen molar-refractivity contribution in [2.24, 2.45) is 5.73 Å². The van der Waals surface area contributed by atoms with Crippen LogP contribution in [0.1, 0.15) is 18.1 Å². The van der Waals surface area contributed by atoms with Crippen LogP contribution < -0.4 is 5.73 Å². The van der Waals surface area contributed by atoms with Gasteiger partial charge in [0.1, 0.15) is 6.10 Å². The monoisotopic (exact) mass is 304 g/mol. The van der Waals surface area contributed by atoms with Gasteiger partial charge in [0.2, 0.25) is 0 Å². The maximum atomic E-state index is 10.8. The Labute approximate surface area is 106 Å². The third-order valence-corrected chi connectivity index (χ3v) is 2.83. The van der Waals surface area contributed by atoms with Crippen LogP contribution in [0.15, 0.2) is 22.7 Å². The summed E-state index contributed by atoms with van der Waals surface area (Å²) in [4.78, 5) is 10.2. The van der Waals surface area contributed by atoms with Gasteiger partial charge in [-0.2, -0.15) is 0 Å². The molecule has 1 rings (SSSR count). The fourth-order valence-electron chi connectivity index (χ4n) is 1.46. The zero-order chi connectivity index (χ0) is 13.0. The first kappa shape index (κ1) is 14.0. The van der Waals surface area contributed by atoms with Gasteiger partial charge in [-0.05, 0) is 25.1 Å². The van der Waals surface area contributed by atoms with Crippen LogP contribution in [0.3, 0.4) is 0 Å². The quantitative estimate of drug-likeness (QED) is 0.557. The number of hydrogen-bond acceptors (Lipinski definition) is 5. The van der Waals surface area contributed by atoms with Crippen LogP contribution in [-0.2, 0) is 0 Å². The van der Waals surface area contributed by atoms with Gasteiger partial charge in [-0.25, -0.2) is 0 Å². The number of nitrogens with zero attached hydrogens (tertiary/aromatic N) is 1. The molecule has 0 aliphatic rings. The minimum Gasteiger partial charge on any atom is -0.390 e. The molecule has 1 aromatic rings. The molecule has 6 nitrogen and oxygen atoms in total. The van der Waals surface area contributed by atoms with Gasteiger partial charge in [-0.3, -0.25) is 10.1 Å². The fraction of sp³-hybridized carbons (Fsp3) is 0.400. The minimum absolute atomic E-state index is 0.0825. The molecule has 0 amide bonds. The van der Waals surface area contributed by atoms with E-state index in [2.05, 4.69) is 15.9 Å². The van der Waals surface area contributed by atoms with E-state index in [-0.39, 0.29) is 24.2 Å². The second kappa shape index (κ2) is 6.06. The molecule has 2 unspecified atom stereocenters. The third-order valence-electron chi connectivity index (χ3n) is 2.33. The van der Waals surface area contributed by atoms with Gasteiger partial charge < -0.3 is 15.9 Å². The van der Waals surface area contributed by atoms with E-state index in [9.17, 15) is 20.3 Å². The molecular weight excluding hydrogens is 292 g/mol. The van der Waals surface area contributed by atoms with E-state index < -0.39 is 17.1 Å². The lowest BCUT2D eigenvalue weighted by molar-refractivity contribution is -0.386. The van der Waals surface area contributed by atoms with Gasteiger partial charge >= 0.3 is 0 Å². The molecule has 0 heterocycles. The molecule has 0 saturated carbocycles. The number of nitro groups is 1. The first-order valence-corrected chi connectivity index (χ1v) is 5.76. The molecule has 0 aliphatic carbocycles. The predicted octanol–water partition coefficient (Wildman–Crippen LogP) is 1.10. The van der Waals surface area contributed by atoms with Gasteiger partial charge in [0.25, 0.3) is 5.69 Å². The second-order valence-corrected chi connectivity index (χ2v) is 4.47. The predicted molar refractivity (Wildman–Crippen MR) is 65.4 cm³/mol. The normalized spacial score (nSPS) is 14.4. The number of aliphatic hydroxyl groups excluding tert-OH is 2. The van der Waals surface area contributed by atoms with E-state index in [4.69, 9.17) is 5.73 Å². The number of nitrogens with two attached hydrogens (primary N) is 1. The maximum absolute atomic E-state index is 10.8. The SMILES string of the molecule is NCCC(O)C(O)c1ccc(Br)cc1[N+](=O)[O-]. The van der Waals surface area contributed by atoms with Gasteiger partial charge in [0, 0.05) is 10.5 Å². The van der Waals surface area contributed by atoms with Crippen molar-refractivity contribution in [3.63, 3.8) is 0 Å². The Morgan fingerprint density at radius 2 is 2.12 bits per heavy atom. The number of aliphatic hydroxyl groups is 2. The Morgan fingerprint density at radius 1 is 1.47 bits per heavy atom. The maximum Gasteiger partial charge on any atom is 0.276 e. The second-order valence-electron chi connectivity index (χ2n) is 3.55. The Kier molecular flexibility index (Phi) is 5.01. The minimum atomic E-state index is -1.31. The van der Waals surface area contributed by atoms with Crippen LogP contribution in [0.25, 0.3) is 0 Å². The highest BCUT2D eigenvalue weighted by Crippen LogP contribution is 2.30. The standard InChI is InChI=1S/C10H13BrN2O4/c11-6-1-2-7(8(5-6)13(16)17)10(15)9(14)3-4-12/h1-2,5,9-10,14-15H,3-4,12H2. The lowest BCUT2D eigenvalue weighted by Crippen LogP contribution is -2.22. The molecule has 17 heavy (non-hydrogen) atoms. The van der Waals surface area contributed by atoms with Crippen molar-refractivity contribution in [1.29, 1.82) is 0 Å². The summed E-state index contributed by atoms with van der Waals surface area (Å²) in [6, 6.07) is 4.26. The van der Waals surface area contributed by atoms with Crippen LogP contribution in [-0.4, -0.2) is 27.8 Å². The van der Waals surface area contributed by atoms with Crippen molar-refractivity contribution in [2.75, 3.05) is 6.54 Å².